The largest absolute Gasteiger partial charge is 0.507 e. The first-order valence-corrected chi connectivity index (χ1v) is 10.9. The van der Waals surface area contributed by atoms with Crippen molar-refractivity contribution in [1.29, 1.82) is 0 Å². The summed E-state index contributed by atoms with van der Waals surface area (Å²) >= 11 is 0. The first-order chi connectivity index (χ1) is 15.7. The second-order valence-corrected chi connectivity index (χ2v) is 8.62. The number of methoxy groups -OCH3 is 1. The highest BCUT2D eigenvalue weighted by Gasteiger charge is 2.52. The molecule has 32 heavy (non-hydrogen) atoms. The van der Waals surface area contributed by atoms with Crippen molar-refractivity contribution in [3.63, 3.8) is 0 Å². The molecule has 152 valence electrons. The Labute approximate surface area is 186 Å². The van der Waals surface area contributed by atoms with Crippen molar-refractivity contribution in [1.82, 2.24) is 0 Å². The third kappa shape index (κ3) is 1.91. The predicted octanol–water partition coefficient (Wildman–Crippen LogP) is 6.90. The molecule has 2 nitrogen and oxygen atoms in total. The summed E-state index contributed by atoms with van der Waals surface area (Å²) in [5.41, 5.74) is 9.48. The monoisotopic (exact) mass is 412 g/mol. The molecule has 0 heterocycles. The second-order valence-electron chi connectivity index (χ2n) is 8.62. The molecule has 0 saturated carbocycles. The van der Waals surface area contributed by atoms with Gasteiger partial charge in [-0.05, 0) is 74.2 Å². The Balaban J connectivity index is 1.72. The van der Waals surface area contributed by atoms with Crippen LogP contribution < -0.4 is 4.74 Å². The van der Waals surface area contributed by atoms with Gasteiger partial charge in [0.1, 0.15) is 11.5 Å². The molecule has 2 aliphatic carbocycles. The van der Waals surface area contributed by atoms with Gasteiger partial charge in [0, 0.05) is 5.39 Å². The van der Waals surface area contributed by atoms with E-state index in [1.54, 1.807) is 7.11 Å². The van der Waals surface area contributed by atoms with Crippen molar-refractivity contribution in [2.45, 2.75) is 5.41 Å². The molecule has 0 saturated heterocycles. The zero-order valence-corrected chi connectivity index (χ0v) is 17.6. The van der Waals surface area contributed by atoms with E-state index < -0.39 is 5.41 Å². The second kappa shape index (κ2) is 6.02. The Morgan fingerprint density at radius 1 is 0.594 bits per heavy atom. The van der Waals surface area contributed by atoms with E-state index in [-0.39, 0.29) is 5.75 Å². The lowest BCUT2D eigenvalue weighted by Crippen LogP contribution is -2.25. The first-order valence-electron chi connectivity index (χ1n) is 10.9. The smallest absolute Gasteiger partial charge is 0.123 e. The van der Waals surface area contributed by atoms with E-state index in [0.29, 0.717) is 0 Å². The maximum absolute atomic E-state index is 11.2. The molecule has 1 N–H and O–H groups in total. The van der Waals surface area contributed by atoms with Crippen LogP contribution in [0.15, 0.2) is 97.1 Å². The minimum atomic E-state index is -0.440. The zero-order chi connectivity index (χ0) is 21.4. The van der Waals surface area contributed by atoms with Crippen LogP contribution in [-0.2, 0) is 5.41 Å². The number of fused-ring (bicyclic) bond motifs is 12. The highest BCUT2D eigenvalue weighted by molar-refractivity contribution is 6.08. The summed E-state index contributed by atoms with van der Waals surface area (Å²) in [6.07, 6.45) is 0. The van der Waals surface area contributed by atoms with Gasteiger partial charge in [-0.1, -0.05) is 72.8 Å². The fourth-order valence-electron chi connectivity index (χ4n) is 6.09. The Hall–Kier alpha value is -4.04. The van der Waals surface area contributed by atoms with Gasteiger partial charge in [-0.2, -0.15) is 0 Å². The van der Waals surface area contributed by atoms with Gasteiger partial charge in [-0.15, -0.1) is 0 Å². The van der Waals surface area contributed by atoms with Crippen LogP contribution in [-0.4, -0.2) is 12.2 Å². The van der Waals surface area contributed by atoms with Crippen LogP contribution in [0, 0.1) is 0 Å². The van der Waals surface area contributed by atoms with E-state index >= 15 is 0 Å². The molecule has 0 aromatic heterocycles. The lowest BCUT2D eigenvalue weighted by atomic mass is 9.70. The van der Waals surface area contributed by atoms with Gasteiger partial charge in [-0.3, -0.25) is 0 Å². The predicted molar refractivity (Wildman–Crippen MR) is 128 cm³/mol. The van der Waals surface area contributed by atoms with Crippen LogP contribution in [0.5, 0.6) is 11.5 Å². The minimum absolute atomic E-state index is 0.284. The molecule has 0 unspecified atom stereocenters. The topological polar surface area (TPSA) is 29.5 Å². The van der Waals surface area contributed by atoms with Gasteiger partial charge in [0.15, 0.2) is 0 Å². The number of hydrogen-bond acceptors (Lipinski definition) is 2. The van der Waals surface area contributed by atoms with Crippen LogP contribution in [0.25, 0.3) is 33.0 Å². The van der Waals surface area contributed by atoms with Gasteiger partial charge in [-0.25, -0.2) is 0 Å². The average Bonchev–Trinajstić information content (AvgIpc) is 3.31. The van der Waals surface area contributed by atoms with Crippen molar-refractivity contribution in [3.8, 4) is 33.8 Å². The molecule has 0 aliphatic heterocycles. The van der Waals surface area contributed by atoms with Crippen molar-refractivity contribution < 1.29 is 9.84 Å². The van der Waals surface area contributed by atoms with E-state index in [2.05, 4.69) is 78.9 Å². The normalized spacial score (nSPS) is 14.2. The van der Waals surface area contributed by atoms with Crippen molar-refractivity contribution in [3.05, 3.63) is 119 Å². The van der Waals surface area contributed by atoms with Gasteiger partial charge in [0.25, 0.3) is 0 Å². The number of hydrogen-bond donors (Lipinski definition) is 1. The fourth-order valence-corrected chi connectivity index (χ4v) is 6.09. The van der Waals surface area contributed by atoms with Crippen molar-refractivity contribution in [2.24, 2.45) is 0 Å². The number of aromatic hydroxyl groups is 1. The van der Waals surface area contributed by atoms with E-state index in [9.17, 15) is 5.11 Å². The summed E-state index contributed by atoms with van der Waals surface area (Å²) in [7, 11) is 1.66. The third-order valence-electron chi connectivity index (χ3n) is 7.28. The van der Waals surface area contributed by atoms with Crippen LogP contribution in [0.1, 0.15) is 22.3 Å². The molecular weight excluding hydrogens is 392 g/mol. The molecule has 0 amide bonds. The fraction of sp³-hybridized carbons (Fsp3) is 0.0667. The van der Waals surface area contributed by atoms with Gasteiger partial charge < -0.3 is 9.84 Å². The summed E-state index contributed by atoms with van der Waals surface area (Å²) in [4.78, 5) is 0. The molecule has 1 spiro atoms. The molecule has 7 rings (SSSR count). The Morgan fingerprint density at radius 3 is 1.78 bits per heavy atom. The molecule has 2 aliphatic rings. The first kappa shape index (κ1) is 17.6. The zero-order valence-electron chi connectivity index (χ0n) is 17.6. The Kier molecular flexibility index (Phi) is 3.31. The maximum atomic E-state index is 11.2. The van der Waals surface area contributed by atoms with Crippen molar-refractivity contribution in [2.75, 3.05) is 7.11 Å². The summed E-state index contributed by atoms with van der Waals surface area (Å²) in [5, 5.41) is 13.1. The molecule has 0 radical (unpaired) electrons. The Morgan fingerprint density at radius 2 is 1.16 bits per heavy atom. The average molecular weight is 412 g/mol. The molecule has 5 aromatic carbocycles. The highest BCUT2D eigenvalue weighted by Crippen LogP contribution is 2.64. The molecular formula is C30H20O2. The maximum Gasteiger partial charge on any atom is 0.123 e. The van der Waals surface area contributed by atoms with Crippen LogP contribution in [0.4, 0.5) is 0 Å². The lowest BCUT2D eigenvalue weighted by Gasteiger charge is -2.30. The molecule has 0 atom stereocenters. The van der Waals surface area contributed by atoms with Crippen molar-refractivity contribution >= 4 is 10.8 Å². The number of rotatable bonds is 1. The van der Waals surface area contributed by atoms with Gasteiger partial charge >= 0.3 is 0 Å². The summed E-state index contributed by atoms with van der Waals surface area (Å²) < 4.78 is 5.44. The number of benzene rings is 5. The standard InChI is InChI=1S/C30H20O2/c1-32-18-14-15-21-23(16-18)28(31)17-27-29(21)22-10-4-7-13-26(22)30(27)24-11-5-2-8-19(24)20-9-3-6-12-25(20)30/h2-17,31H,1H3. The van der Waals surface area contributed by atoms with Gasteiger partial charge in [0.05, 0.1) is 12.5 Å². The summed E-state index contributed by atoms with van der Waals surface area (Å²) in [6.45, 7) is 0. The summed E-state index contributed by atoms with van der Waals surface area (Å²) in [5.74, 6) is 1.02. The van der Waals surface area contributed by atoms with E-state index in [4.69, 9.17) is 4.74 Å². The molecule has 0 fully saturated rings. The molecule has 5 aromatic rings. The number of phenolic OH excluding ortho intramolecular Hbond substituents is 1. The van der Waals surface area contributed by atoms with Crippen LogP contribution in [0.3, 0.4) is 0 Å². The van der Waals surface area contributed by atoms with Crippen LogP contribution >= 0.6 is 0 Å². The van der Waals surface area contributed by atoms with E-state index in [1.165, 1.54) is 38.9 Å². The third-order valence-corrected chi connectivity index (χ3v) is 7.28. The highest BCUT2D eigenvalue weighted by atomic mass is 16.5. The lowest BCUT2D eigenvalue weighted by molar-refractivity contribution is 0.415. The van der Waals surface area contributed by atoms with Crippen LogP contribution in [0.2, 0.25) is 0 Å². The SMILES string of the molecule is COc1ccc2c3c(cc(O)c2c1)C1(c2ccccc2-c2ccccc21)c1ccccc1-3. The molecule has 0 bridgehead atoms. The number of ether oxygens (including phenoxy) is 1. The minimum Gasteiger partial charge on any atom is -0.507 e. The summed E-state index contributed by atoms with van der Waals surface area (Å²) in [6, 6.07) is 34.1. The quantitative estimate of drug-likeness (QED) is 0.318. The Bertz CT molecular complexity index is 1530. The number of phenols is 1. The molecule has 2 heteroatoms. The van der Waals surface area contributed by atoms with Gasteiger partial charge in [0.2, 0.25) is 0 Å². The van der Waals surface area contributed by atoms with E-state index in [0.717, 1.165) is 22.1 Å². The van der Waals surface area contributed by atoms with E-state index in [1.807, 2.05) is 18.2 Å².